The van der Waals surface area contributed by atoms with Crippen molar-refractivity contribution in [2.24, 2.45) is 5.92 Å². The summed E-state index contributed by atoms with van der Waals surface area (Å²) in [6, 6.07) is 9.40. The maximum Gasteiger partial charge on any atom is 0.0605 e. The molecule has 86 valence electrons. The van der Waals surface area contributed by atoms with Gasteiger partial charge in [-0.2, -0.15) is 0 Å². The molecule has 1 aliphatic carbocycles. The zero-order valence-electron chi connectivity index (χ0n) is 9.95. The third-order valence-electron chi connectivity index (χ3n) is 3.81. The molecule has 1 fully saturated rings. The van der Waals surface area contributed by atoms with Crippen LogP contribution in [0.1, 0.15) is 26.2 Å². The summed E-state index contributed by atoms with van der Waals surface area (Å²) in [6.45, 7) is 4.65. The van der Waals surface area contributed by atoms with E-state index in [0.717, 1.165) is 12.5 Å². The minimum atomic E-state index is 0.676. The van der Waals surface area contributed by atoms with Gasteiger partial charge in [-0.1, -0.05) is 19.1 Å². The van der Waals surface area contributed by atoms with Crippen LogP contribution < -0.4 is 10.2 Å². The molecule has 0 aromatic heterocycles. The number of nitrogens with one attached hydrogen (secondary N) is 1. The largest absolute Gasteiger partial charge is 0.381 e. The predicted molar refractivity (Wildman–Crippen MR) is 69.1 cm³/mol. The standard InChI is InChI=1S/C14H20N2/c1-2-12-9-15-13-5-3-4-6-14(13)16(12)10-11-7-8-11/h3-6,11-12,15H,2,7-10H2,1H3. The third kappa shape index (κ3) is 1.77. The molecule has 2 nitrogen and oxygen atoms in total. The first-order valence-electron chi connectivity index (χ1n) is 6.48. The molecule has 0 spiro atoms. The van der Waals surface area contributed by atoms with Gasteiger partial charge < -0.3 is 10.2 Å². The van der Waals surface area contributed by atoms with Crippen molar-refractivity contribution in [2.75, 3.05) is 23.3 Å². The van der Waals surface area contributed by atoms with Gasteiger partial charge in [0.1, 0.15) is 0 Å². The third-order valence-corrected chi connectivity index (χ3v) is 3.81. The second kappa shape index (κ2) is 4.00. The van der Waals surface area contributed by atoms with Crippen LogP contribution in [0.4, 0.5) is 11.4 Å². The van der Waals surface area contributed by atoms with Crippen molar-refractivity contribution in [3.8, 4) is 0 Å². The number of hydrogen-bond acceptors (Lipinski definition) is 2. The van der Waals surface area contributed by atoms with E-state index in [-0.39, 0.29) is 0 Å². The van der Waals surface area contributed by atoms with E-state index in [9.17, 15) is 0 Å². The van der Waals surface area contributed by atoms with Gasteiger partial charge in [0, 0.05) is 19.1 Å². The molecule has 0 saturated heterocycles. The molecule has 1 aliphatic heterocycles. The summed E-state index contributed by atoms with van der Waals surface area (Å²) in [6.07, 6.45) is 4.10. The van der Waals surface area contributed by atoms with Crippen molar-refractivity contribution in [3.63, 3.8) is 0 Å². The topological polar surface area (TPSA) is 15.3 Å². The van der Waals surface area contributed by atoms with E-state index in [1.807, 2.05) is 0 Å². The molecule has 0 amide bonds. The lowest BCUT2D eigenvalue weighted by molar-refractivity contribution is 0.563. The Hall–Kier alpha value is -1.18. The van der Waals surface area contributed by atoms with Crippen LogP contribution in [0.25, 0.3) is 0 Å². The van der Waals surface area contributed by atoms with E-state index in [1.54, 1.807) is 0 Å². The van der Waals surface area contributed by atoms with E-state index in [0.29, 0.717) is 6.04 Å². The molecule has 1 aromatic rings. The summed E-state index contributed by atoms with van der Waals surface area (Å²) in [5.74, 6) is 0.959. The highest BCUT2D eigenvalue weighted by atomic mass is 15.2. The van der Waals surface area contributed by atoms with Crippen LogP contribution in [0.5, 0.6) is 0 Å². The molecule has 16 heavy (non-hydrogen) atoms. The van der Waals surface area contributed by atoms with Crippen molar-refractivity contribution < 1.29 is 0 Å². The van der Waals surface area contributed by atoms with Crippen LogP contribution in [0, 0.1) is 5.92 Å². The van der Waals surface area contributed by atoms with E-state index in [2.05, 4.69) is 41.4 Å². The van der Waals surface area contributed by atoms with Crippen LogP contribution in [0.3, 0.4) is 0 Å². The van der Waals surface area contributed by atoms with Gasteiger partial charge in [0.05, 0.1) is 11.4 Å². The number of hydrogen-bond donors (Lipinski definition) is 1. The maximum absolute atomic E-state index is 3.55. The summed E-state index contributed by atoms with van der Waals surface area (Å²) in [7, 11) is 0. The first kappa shape index (κ1) is 10.0. The molecule has 1 heterocycles. The van der Waals surface area contributed by atoms with Crippen molar-refractivity contribution >= 4 is 11.4 Å². The average Bonchev–Trinajstić information content (AvgIpc) is 3.13. The minimum absolute atomic E-state index is 0.676. The van der Waals surface area contributed by atoms with Crippen molar-refractivity contribution in [1.29, 1.82) is 0 Å². The fourth-order valence-corrected chi connectivity index (χ4v) is 2.60. The molecule has 1 N–H and O–H groups in total. The quantitative estimate of drug-likeness (QED) is 0.835. The van der Waals surface area contributed by atoms with Crippen molar-refractivity contribution in [3.05, 3.63) is 24.3 Å². The lowest BCUT2D eigenvalue weighted by atomic mass is 10.1. The number of rotatable bonds is 3. The summed E-state index contributed by atoms with van der Waals surface area (Å²) < 4.78 is 0. The first-order valence-corrected chi connectivity index (χ1v) is 6.48. The van der Waals surface area contributed by atoms with Gasteiger partial charge >= 0.3 is 0 Å². The molecule has 1 aromatic carbocycles. The Morgan fingerprint density at radius 2 is 2.12 bits per heavy atom. The first-order chi connectivity index (χ1) is 7.88. The zero-order valence-corrected chi connectivity index (χ0v) is 9.95. The molecule has 2 heteroatoms. The van der Waals surface area contributed by atoms with Gasteiger partial charge in [-0.05, 0) is 37.3 Å². The Bertz CT molecular complexity index is 371. The summed E-state index contributed by atoms with van der Waals surface area (Å²) in [5, 5.41) is 3.55. The van der Waals surface area contributed by atoms with Crippen molar-refractivity contribution in [2.45, 2.75) is 32.2 Å². The summed E-state index contributed by atoms with van der Waals surface area (Å²) >= 11 is 0. The number of anilines is 2. The molecule has 3 rings (SSSR count). The predicted octanol–water partition coefficient (Wildman–Crippen LogP) is 3.11. The highest BCUT2D eigenvalue weighted by Gasteiger charge is 2.30. The average molecular weight is 216 g/mol. The lowest BCUT2D eigenvalue weighted by Gasteiger charge is -2.39. The summed E-state index contributed by atoms with van der Waals surface area (Å²) in [4.78, 5) is 2.63. The van der Waals surface area contributed by atoms with Gasteiger partial charge in [0.25, 0.3) is 0 Å². The Balaban J connectivity index is 1.89. The second-order valence-corrected chi connectivity index (χ2v) is 5.06. The molecule has 0 radical (unpaired) electrons. The second-order valence-electron chi connectivity index (χ2n) is 5.06. The molecular formula is C14H20N2. The monoisotopic (exact) mass is 216 g/mol. The highest BCUT2D eigenvalue weighted by Crippen LogP contribution is 2.37. The van der Waals surface area contributed by atoms with Gasteiger partial charge in [-0.15, -0.1) is 0 Å². The van der Waals surface area contributed by atoms with Gasteiger partial charge in [0.2, 0.25) is 0 Å². The van der Waals surface area contributed by atoms with Crippen LogP contribution in [0.2, 0.25) is 0 Å². The fraction of sp³-hybridized carbons (Fsp3) is 0.571. The molecule has 0 bridgehead atoms. The van der Waals surface area contributed by atoms with E-state index in [1.165, 1.54) is 37.2 Å². The molecule has 2 aliphatic rings. The fourth-order valence-electron chi connectivity index (χ4n) is 2.60. The van der Waals surface area contributed by atoms with Crippen LogP contribution in [0.15, 0.2) is 24.3 Å². The highest BCUT2D eigenvalue weighted by molar-refractivity contribution is 5.72. The number of para-hydroxylation sites is 2. The SMILES string of the molecule is CCC1CNc2ccccc2N1CC1CC1. The Kier molecular flexibility index (Phi) is 2.50. The van der Waals surface area contributed by atoms with Gasteiger partial charge in [-0.3, -0.25) is 0 Å². The maximum atomic E-state index is 3.55. The molecule has 1 atom stereocenters. The van der Waals surface area contributed by atoms with Crippen LogP contribution >= 0.6 is 0 Å². The molecular weight excluding hydrogens is 196 g/mol. The smallest absolute Gasteiger partial charge is 0.0605 e. The van der Waals surface area contributed by atoms with E-state index >= 15 is 0 Å². The minimum Gasteiger partial charge on any atom is -0.381 e. The zero-order chi connectivity index (χ0) is 11.0. The van der Waals surface area contributed by atoms with E-state index < -0.39 is 0 Å². The Morgan fingerprint density at radius 1 is 1.31 bits per heavy atom. The lowest BCUT2D eigenvalue weighted by Crippen LogP contribution is -2.44. The molecule has 1 saturated carbocycles. The Labute approximate surface area is 97.6 Å². The van der Waals surface area contributed by atoms with Crippen LogP contribution in [-0.2, 0) is 0 Å². The summed E-state index contributed by atoms with van der Waals surface area (Å²) in [5.41, 5.74) is 2.72. The van der Waals surface area contributed by atoms with Crippen LogP contribution in [-0.4, -0.2) is 19.1 Å². The normalized spacial score (nSPS) is 23.8. The number of benzene rings is 1. The Morgan fingerprint density at radius 3 is 2.88 bits per heavy atom. The van der Waals surface area contributed by atoms with Gasteiger partial charge in [-0.25, -0.2) is 0 Å². The van der Waals surface area contributed by atoms with Crippen molar-refractivity contribution in [1.82, 2.24) is 0 Å². The number of fused-ring (bicyclic) bond motifs is 1. The van der Waals surface area contributed by atoms with E-state index in [4.69, 9.17) is 0 Å². The van der Waals surface area contributed by atoms with Gasteiger partial charge in [0.15, 0.2) is 0 Å². The molecule has 1 unspecified atom stereocenters. The number of nitrogens with zero attached hydrogens (tertiary/aromatic N) is 1.